The van der Waals surface area contributed by atoms with Crippen LogP contribution in [-0.4, -0.2) is 4.98 Å². The van der Waals surface area contributed by atoms with Gasteiger partial charge in [0.25, 0.3) is 0 Å². The number of aromatic nitrogens is 1. The van der Waals surface area contributed by atoms with Gasteiger partial charge in [-0.25, -0.2) is 0 Å². The first-order valence-corrected chi connectivity index (χ1v) is 3.22. The second-order valence-corrected chi connectivity index (χ2v) is 2.23. The highest BCUT2D eigenvalue weighted by Crippen LogP contribution is 2.12. The molecule has 1 aromatic rings. The van der Waals surface area contributed by atoms with Gasteiger partial charge in [0.2, 0.25) is 0 Å². The Morgan fingerprint density at radius 1 is 1.40 bits per heavy atom. The molecule has 52 valence electrons. The van der Waals surface area contributed by atoms with Gasteiger partial charge < -0.3 is 4.98 Å². The Morgan fingerprint density at radius 3 is 2.50 bits per heavy atom. The Hall–Kier alpha value is -1.24. The summed E-state index contributed by atoms with van der Waals surface area (Å²) < 4.78 is 0. The van der Waals surface area contributed by atoms with Crippen LogP contribution in [0.3, 0.4) is 0 Å². The molecule has 1 rings (SSSR count). The van der Waals surface area contributed by atoms with Gasteiger partial charge in [-0.3, -0.25) is 0 Å². The molecule has 0 aliphatic heterocycles. The molecule has 0 unspecified atom stereocenters. The molecule has 1 aromatic heterocycles. The molecule has 0 atom stereocenters. The van der Waals surface area contributed by atoms with Crippen LogP contribution in [0.2, 0.25) is 0 Å². The number of hydrogen-bond donors (Lipinski definition) is 1. The Kier molecular flexibility index (Phi) is 1.76. The molecule has 10 heavy (non-hydrogen) atoms. The van der Waals surface area contributed by atoms with Gasteiger partial charge in [0.05, 0.1) is 0 Å². The van der Waals surface area contributed by atoms with Crippen LogP contribution in [0.4, 0.5) is 0 Å². The molecule has 1 nitrogen and oxygen atoms in total. The maximum absolute atomic E-state index is 3.69. The first-order valence-electron chi connectivity index (χ1n) is 3.22. The van der Waals surface area contributed by atoms with Crippen molar-refractivity contribution in [2.75, 3.05) is 0 Å². The van der Waals surface area contributed by atoms with E-state index in [0.29, 0.717) is 0 Å². The fourth-order valence-corrected chi connectivity index (χ4v) is 0.969. The van der Waals surface area contributed by atoms with Crippen molar-refractivity contribution in [1.82, 2.24) is 4.98 Å². The lowest BCUT2D eigenvalue weighted by Gasteiger charge is -1.86. The molecule has 0 spiro atoms. The van der Waals surface area contributed by atoms with E-state index in [1.165, 1.54) is 0 Å². The molecule has 0 bridgehead atoms. The van der Waals surface area contributed by atoms with E-state index in [9.17, 15) is 0 Å². The molecule has 0 amide bonds. The van der Waals surface area contributed by atoms with Gasteiger partial charge in [-0.15, -0.1) is 0 Å². The number of aryl methyl sites for hydroxylation is 1. The Labute approximate surface area is 61.1 Å². The molecule has 0 aliphatic carbocycles. The fraction of sp³-hybridized carbons (Fsp3) is 0.111. The standard InChI is InChI=1S/C9H11N/c1-4-8-6-7(3)10-9(8)5-2/h4-6,10H,1-2H2,3H3. The number of nitrogens with one attached hydrogen (secondary N) is 1. The number of hydrogen-bond acceptors (Lipinski definition) is 0. The van der Waals surface area contributed by atoms with Crippen LogP contribution in [0.5, 0.6) is 0 Å². The van der Waals surface area contributed by atoms with E-state index >= 15 is 0 Å². The van der Waals surface area contributed by atoms with E-state index in [0.717, 1.165) is 17.0 Å². The van der Waals surface area contributed by atoms with E-state index in [-0.39, 0.29) is 0 Å². The summed E-state index contributed by atoms with van der Waals surface area (Å²) in [6.45, 7) is 9.37. The third-order valence-corrected chi connectivity index (χ3v) is 1.44. The third kappa shape index (κ3) is 1.03. The topological polar surface area (TPSA) is 15.8 Å². The van der Waals surface area contributed by atoms with Crippen molar-refractivity contribution in [2.24, 2.45) is 0 Å². The van der Waals surface area contributed by atoms with Crippen molar-refractivity contribution >= 4 is 12.2 Å². The van der Waals surface area contributed by atoms with Crippen molar-refractivity contribution in [3.05, 3.63) is 36.2 Å². The SMILES string of the molecule is C=Cc1cc(C)[nH]c1C=C. The van der Waals surface area contributed by atoms with Crippen molar-refractivity contribution in [2.45, 2.75) is 6.92 Å². The predicted octanol–water partition coefficient (Wildman–Crippen LogP) is 2.61. The number of rotatable bonds is 2. The Balaban J connectivity index is 3.20. The highest BCUT2D eigenvalue weighted by atomic mass is 14.7. The van der Waals surface area contributed by atoms with E-state index in [1.807, 2.05) is 19.1 Å². The zero-order valence-corrected chi connectivity index (χ0v) is 6.15. The van der Waals surface area contributed by atoms with Crippen LogP contribution >= 0.6 is 0 Å². The molecule has 0 aliphatic rings. The molecule has 0 fully saturated rings. The number of H-pyrrole nitrogens is 1. The largest absolute Gasteiger partial charge is 0.359 e. The summed E-state index contributed by atoms with van der Waals surface area (Å²) in [5.41, 5.74) is 3.31. The van der Waals surface area contributed by atoms with Crippen molar-refractivity contribution in [1.29, 1.82) is 0 Å². The van der Waals surface area contributed by atoms with Gasteiger partial charge in [0, 0.05) is 11.4 Å². The van der Waals surface area contributed by atoms with E-state index < -0.39 is 0 Å². The maximum atomic E-state index is 3.69. The Morgan fingerprint density at radius 2 is 2.10 bits per heavy atom. The molecule has 0 saturated heterocycles. The van der Waals surface area contributed by atoms with Crippen LogP contribution < -0.4 is 0 Å². The summed E-state index contributed by atoms with van der Waals surface area (Å²) in [5.74, 6) is 0. The molecule has 0 radical (unpaired) electrons. The average molecular weight is 133 g/mol. The zero-order chi connectivity index (χ0) is 7.56. The summed E-state index contributed by atoms with van der Waals surface area (Å²) in [6, 6.07) is 2.05. The van der Waals surface area contributed by atoms with Crippen LogP contribution in [-0.2, 0) is 0 Å². The fourth-order valence-electron chi connectivity index (χ4n) is 0.969. The summed E-state index contributed by atoms with van der Waals surface area (Å²) in [6.07, 6.45) is 3.62. The lowest BCUT2D eigenvalue weighted by atomic mass is 10.2. The molecular weight excluding hydrogens is 122 g/mol. The minimum Gasteiger partial charge on any atom is -0.359 e. The van der Waals surface area contributed by atoms with Gasteiger partial charge in [-0.1, -0.05) is 19.2 Å². The van der Waals surface area contributed by atoms with Gasteiger partial charge in [-0.05, 0) is 24.6 Å². The summed E-state index contributed by atoms with van der Waals surface area (Å²) in [5, 5.41) is 0. The first-order chi connectivity index (χ1) is 4.77. The Bertz CT molecular complexity index is 230. The highest BCUT2D eigenvalue weighted by molar-refractivity contribution is 5.61. The molecule has 0 aromatic carbocycles. The van der Waals surface area contributed by atoms with Crippen LogP contribution in [0, 0.1) is 6.92 Å². The van der Waals surface area contributed by atoms with E-state index in [4.69, 9.17) is 0 Å². The zero-order valence-electron chi connectivity index (χ0n) is 6.15. The minimum atomic E-state index is 1.05. The normalized spacial score (nSPS) is 9.30. The average Bonchev–Trinajstić information content (AvgIpc) is 2.30. The second kappa shape index (κ2) is 2.56. The predicted molar refractivity (Wildman–Crippen MR) is 45.7 cm³/mol. The quantitative estimate of drug-likeness (QED) is 0.638. The van der Waals surface area contributed by atoms with Gasteiger partial charge in [0.1, 0.15) is 0 Å². The molecular formula is C9H11N. The third-order valence-electron chi connectivity index (χ3n) is 1.44. The van der Waals surface area contributed by atoms with E-state index in [2.05, 4.69) is 18.1 Å². The van der Waals surface area contributed by atoms with Crippen molar-refractivity contribution < 1.29 is 0 Å². The number of aromatic amines is 1. The van der Waals surface area contributed by atoms with Crippen LogP contribution in [0.1, 0.15) is 17.0 Å². The molecule has 0 saturated carbocycles. The molecule has 1 N–H and O–H groups in total. The first kappa shape index (κ1) is 6.87. The van der Waals surface area contributed by atoms with Gasteiger partial charge >= 0.3 is 0 Å². The highest BCUT2D eigenvalue weighted by Gasteiger charge is 1.96. The monoisotopic (exact) mass is 133 g/mol. The van der Waals surface area contributed by atoms with Crippen LogP contribution in [0.25, 0.3) is 12.2 Å². The van der Waals surface area contributed by atoms with Gasteiger partial charge in [0.15, 0.2) is 0 Å². The molecule has 1 heteroatoms. The lowest BCUT2D eigenvalue weighted by molar-refractivity contribution is 1.25. The van der Waals surface area contributed by atoms with Crippen molar-refractivity contribution in [3.63, 3.8) is 0 Å². The lowest BCUT2D eigenvalue weighted by Crippen LogP contribution is -1.72. The second-order valence-electron chi connectivity index (χ2n) is 2.23. The van der Waals surface area contributed by atoms with Crippen molar-refractivity contribution in [3.8, 4) is 0 Å². The van der Waals surface area contributed by atoms with Gasteiger partial charge in [-0.2, -0.15) is 0 Å². The summed E-state index contributed by atoms with van der Waals surface area (Å²) in [4.78, 5) is 3.16. The summed E-state index contributed by atoms with van der Waals surface area (Å²) in [7, 11) is 0. The summed E-state index contributed by atoms with van der Waals surface area (Å²) >= 11 is 0. The van der Waals surface area contributed by atoms with Crippen LogP contribution in [0.15, 0.2) is 19.2 Å². The molecule has 1 heterocycles. The van der Waals surface area contributed by atoms with E-state index in [1.54, 1.807) is 6.08 Å². The smallest absolute Gasteiger partial charge is 0.0449 e. The minimum absolute atomic E-state index is 1.05. The maximum Gasteiger partial charge on any atom is 0.0449 e.